The molecule has 1 heterocycles. The fourth-order valence-electron chi connectivity index (χ4n) is 3.04. The van der Waals surface area contributed by atoms with Gasteiger partial charge < -0.3 is 15.8 Å². The Morgan fingerprint density at radius 1 is 1.33 bits per heavy atom. The smallest absolute Gasteiger partial charge is 0.221 e. The molecule has 1 amide bonds. The average Bonchev–Trinajstić information content (AvgIpc) is 2.56. The maximum absolute atomic E-state index is 11.6. The number of benzene rings is 1. The number of nitrogens with two attached hydrogens (primary N) is 1. The van der Waals surface area contributed by atoms with E-state index in [1.165, 1.54) is 18.4 Å². The Kier molecular flexibility index (Phi) is 9.76. The molecule has 2 rings (SSSR count). The normalized spacial score (nSPS) is 17.8. The molecular weight excluding hydrogens is 326 g/mol. The minimum atomic E-state index is 0. The Bertz CT molecular complexity index is 482. The third-order valence-corrected chi connectivity index (χ3v) is 4.28. The van der Waals surface area contributed by atoms with Gasteiger partial charge in [-0.2, -0.15) is 0 Å². The Labute approximate surface area is 151 Å². The molecule has 1 saturated heterocycles. The van der Waals surface area contributed by atoms with E-state index in [-0.39, 0.29) is 18.3 Å². The fourth-order valence-corrected chi connectivity index (χ4v) is 3.04. The quantitative estimate of drug-likeness (QED) is 0.751. The van der Waals surface area contributed by atoms with Crippen LogP contribution in [-0.4, -0.2) is 43.1 Å². The number of halogens is 1. The second-order valence-electron chi connectivity index (χ2n) is 6.04. The zero-order valence-electron chi connectivity index (χ0n) is 14.5. The second-order valence-corrected chi connectivity index (χ2v) is 6.04. The van der Waals surface area contributed by atoms with Crippen LogP contribution in [-0.2, 0) is 11.3 Å². The van der Waals surface area contributed by atoms with Gasteiger partial charge in [-0.15, -0.1) is 12.4 Å². The topological polar surface area (TPSA) is 67.6 Å². The summed E-state index contributed by atoms with van der Waals surface area (Å²) in [5, 5.41) is 3.01. The van der Waals surface area contributed by atoms with E-state index >= 15 is 0 Å². The molecular formula is C18H30ClN3O2. The van der Waals surface area contributed by atoms with Gasteiger partial charge in [0.15, 0.2) is 0 Å². The number of carbonyl (C=O) groups excluding carboxylic acids is 1. The van der Waals surface area contributed by atoms with Gasteiger partial charge >= 0.3 is 0 Å². The lowest BCUT2D eigenvalue weighted by molar-refractivity contribution is -0.121. The summed E-state index contributed by atoms with van der Waals surface area (Å²) in [7, 11) is 0. The van der Waals surface area contributed by atoms with E-state index < -0.39 is 0 Å². The van der Waals surface area contributed by atoms with E-state index in [1.807, 2.05) is 19.1 Å². The van der Waals surface area contributed by atoms with Crippen LogP contribution in [0.3, 0.4) is 0 Å². The number of hydrogen-bond acceptors (Lipinski definition) is 4. The maximum atomic E-state index is 11.6. The van der Waals surface area contributed by atoms with Crippen LogP contribution >= 0.6 is 12.4 Å². The number of nitrogens with one attached hydrogen (secondary N) is 1. The summed E-state index contributed by atoms with van der Waals surface area (Å²) in [5.41, 5.74) is 6.71. The van der Waals surface area contributed by atoms with Crippen molar-refractivity contribution in [1.82, 2.24) is 10.2 Å². The van der Waals surface area contributed by atoms with Crippen molar-refractivity contribution in [2.24, 2.45) is 5.73 Å². The number of amides is 1. The highest BCUT2D eigenvalue weighted by molar-refractivity contribution is 5.85. The first-order valence-electron chi connectivity index (χ1n) is 8.65. The zero-order chi connectivity index (χ0) is 16.5. The molecule has 1 aliphatic rings. The van der Waals surface area contributed by atoms with Crippen molar-refractivity contribution in [2.45, 2.75) is 45.2 Å². The Morgan fingerprint density at radius 3 is 2.75 bits per heavy atom. The molecule has 1 aromatic carbocycles. The van der Waals surface area contributed by atoms with Gasteiger partial charge in [-0.1, -0.05) is 18.6 Å². The number of piperidine rings is 1. The molecule has 5 nitrogen and oxygen atoms in total. The van der Waals surface area contributed by atoms with Crippen LogP contribution in [0.15, 0.2) is 24.3 Å². The molecule has 0 saturated carbocycles. The van der Waals surface area contributed by atoms with E-state index in [0.717, 1.165) is 31.8 Å². The zero-order valence-corrected chi connectivity index (χ0v) is 15.3. The molecule has 6 heteroatoms. The third-order valence-electron chi connectivity index (χ3n) is 4.28. The largest absolute Gasteiger partial charge is 0.494 e. The van der Waals surface area contributed by atoms with Crippen LogP contribution in [0.1, 0.15) is 38.2 Å². The monoisotopic (exact) mass is 355 g/mol. The highest BCUT2D eigenvalue weighted by Gasteiger charge is 2.22. The van der Waals surface area contributed by atoms with Crippen LogP contribution in [0, 0.1) is 0 Å². The minimum Gasteiger partial charge on any atom is -0.494 e. The summed E-state index contributed by atoms with van der Waals surface area (Å²) in [4.78, 5) is 14.1. The molecule has 136 valence electrons. The molecule has 0 radical (unpaired) electrons. The maximum Gasteiger partial charge on any atom is 0.221 e. The van der Waals surface area contributed by atoms with Crippen LogP contribution in [0.2, 0.25) is 0 Å². The van der Waals surface area contributed by atoms with Crippen molar-refractivity contribution >= 4 is 18.3 Å². The van der Waals surface area contributed by atoms with Gasteiger partial charge in [0, 0.05) is 32.1 Å². The van der Waals surface area contributed by atoms with Crippen LogP contribution in [0.25, 0.3) is 0 Å². The van der Waals surface area contributed by atoms with E-state index in [1.54, 1.807) is 0 Å². The van der Waals surface area contributed by atoms with Crippen molar-refractivity contribution in [1.29, 1.82) is 0 Å². The lowest BCUT2D eigenvalue weighted by atomic mass is 10.0. The highest BCUT2D eigenvalue weighted by Crippen LogP contribution is 2.20. The molecule has 1 atom stereocenters. The lowest BCUT2D eigenvalue weighted by Crippen LogP contribution is -2.46. The summed E-state index contributed by atoms with van der Waals surface area (Å²) in [6.07, 6.45) is 4.01. The molecule has 1 aromatic rings. The molecule has 0 spiro atoms. The first-order valence-corrected chi connectivity index (χ1v) is 8.65. The van der Waals surface area contributed by atoms with Gasteiger partial charge in [0.05, 0.1) is 6.61 Å². The van der Waals surface area contributed by atoms with E-state index in [0.29, 0.717) is 25.6 Å². The first kappa shape index (κ1) is 20.7. The number of hydrogen-bond donors (Lipinski definition) is 2. The molecule has 0 aromatic heterocycles. The highest BCUT2D eigenvalue weighted by atomic mass is 35.5. The number of ether oxygens (including phenoxy) is 1. The Hall–Kier alpha value is -1.30. The van der Waals surface area contributed by atoms with E-state index in [9.17, 15) is 4.79 Å². The van der Waals surface area contributed by atoms with Gasteiger partial charge in [0.2, 0.25) is 5.91 Å². The number of rotatable bonds is 8. The molecule has 3 N–H and O–H groups in total. The number of nitrogens with zero attached hydrogens (tertiary/aromatic N) is 1. The predicted molar refractivity (Wildman–Crippen MR) is 99.6 cm³/mol. The average molecular weight is 356 g/mol. The minimum absolute atomic E-state index is 0. The molecule has 0 bridgehead atoms. The predicted octanol–water partition coefficient (Wildman–Crippen LogP) is 2.33. The summed E-state index contributed by atoms with van der Waals surface area (Å²) in [6.45, 7) is 5.82. The van der Waals surface area contributed by atoms with E-state index in [2.05, 4.69) is 22.3 Å². The van der Waals surface area contributed by atoms with Gasteiger partial charge in [0.1, 0.15) is 5.75 Å². The summed E-state index contributed by atoms with van der Waals surface area (Å²) in [5.74, 6) is 0.972. The molecule has 1 fully saturated rings. The third kappa shape index (κ3) is 6.67. The Morgan fingerprint density at radius 2 is 2.08 bits per heavy atom. The second kappa shape index (κ2) is 11.3. The van der Waals surface area contributed by atoms with Crippen molar-refractivity contribution in [3.8, 4) is 5.75 Å². The van der Waals surface area contributed by atoms with Gasteiger partial charge in [-0.3, -0.25) is 9.69 Å². The van der Waals surface area contributed by atoms with Crippen LogP contribution < -0.4 is 15.8 Å². The van der Waals surface area contributed by atoms with Gasteiger partial charge in [0.25, 0.3) is 0 Å². The van der Waals surface area contributed by atoms with E-state index in [4.69, 9.17) is 10.5 Å². The van der Waals surface area contributed by atoms with Crippen molar-refractivity contribution in [2.75, 3.05) is 26.2 Å². The lowest BCUT2D eigenvalue weighted by Gasteiger charge is -2.36. The molecule has 1 unspecified atom stereocenters. The molecule has 0 aliphatic carbocycles. The summed E-state index contributed by atoms with van der Waals surface area (Å²) < 4.78 is 5.49. The first-order chi connectivity index (χ1) is 11.2. The molecule has 1 aliphatic heterocycles. The SMILES string of the molecule is CCOc1ccc(CN2CCCCC2CNC(=O)CCN)cc1.Cl. The fraction of sp³-hybridized carbons (Fsp3) is 0.611. The van der Waals surface area contributed by atoms with Crippen molar-refractivity contribution < 1.29 is 9.53 Å². The number of likely N-dealkylation sites (tertiary alicyclic amines) is 1. The van der Waals surface area contributed by atoms with Gasteiger partial charge in [-0.05, 0) is 44.0 Å². The van der Waals surface area contributed by atoms with Crippen molar-refractivity contribution in [3.63, 3.8) is 0 Å². The summed E-state index contributed by atoms with van der Waals surface area (Å²) in [6, 6.07) is 8.73. The van der Waals surface area contributed by atoms with Gasteiger partial charge in [-0.25, -0.2) is 0 Å². The summed E-state index contributed by atoms with van der Waals surface area (Å²) >= 11 is 0. The Balaban J connectivity index is 0.00000288. The number of carbonyl (C=O) groups is 1. The van der Waals surface area contributed by atoms with Crippen LogP contribution in [0.5, 0.6) is 5.75 Å². The van der Waals surface area contributed by atoms with Crippen molar-refractivity contribution in [3.05, 3.63) is 29.8 Å². The standard InChI is InChI=1S/C18H29N3O2.ClH/c1-2-23-17-8-6-15(7-9-17)14-21-12-4-3-5-16(21)13-20-18(22)10-11-19;/h6-9,16H,2-5,10-14,19H2,1H3,(H,20,22);1H. The molecule has 24 heavy (non-hydrogen) atoms. The van der Waals surface area contributed by atoms with Crippen LogP contribution in [0.4, 0.5) is 0 Å².